The Morgan fingerprint density at radius 2 is 2.00 bits per heavy atom. The second-order valence-corrected chi connectivity index (χ2v) is 5.65. The highest BCUT2D eigenvalue weighted by molar-refractivity contribution is 9.10. The van der Waals surface area contributed by atoms with Crippen LogP contribution in [0.25, 0.3) is 11.0 Å². The molecule has 3 rings (SSSR count). The number of aromatic nitrogens is 2. The third kappa shape index (κ3) is 2.70. The highest BCUT2D eigenvalue weighted by atomic mass is 79.9. The fraction of sp³-hybridized carbons (Fsp3) is 0.188. The molecule has 0 aliphatic rings. The zero-order chi connectivity index (χ0) is 13.9. The van der Waals surface area contributed by atoms with Crippen LogP contribution in [0, 0.1) is 6.92 Å². The maximum Gasteiger partial charge on any atom is 0.106 e. The van der Waals surface area contributed by atoms with Crippen molar-refractivity contribution in [2.24, 2.45) is 0 Å². The van der Waals surface area contributed by atoms with Crippen LogP contribution in [0.15, 0.2) is 53.0 Å². The quantitative estimate of drug-likeness (QED) is 0.776. The third-order valence-corrected chi connectivity index (χ3v) is 3.83. The van der Waals surface area contributed by atoms with Crippen LogP contribution < -0.4 is 5.32 Å². The van der Waals surface area contributed by atoms with Gasteiger partial charge in [0, 0.05) is 23.2 Å². The summed E-state index contributed by atoms with van der Waals surface area (Å²) >= 11 is 3.48. The molecule has 0 saturated carbocycles. The fourth-order valence-corrected chi connectivity index (χ4v) is 2.79. The first kappa shape index (κ1) is 13.2. The highest BCUT2D eigenvalue weighted by Crippen LogP contribution is 2.17. The van der Waals surface area contributed by atoms with Crippen LogP contribution >= 0.6 is 15.9 Å². The maximum absolute atomic E-state index is 4.58. The number of nitrogens with one attached hydrogen (secondary N) is 1. The van der Waals surface area contributed by atoms with Crippen molar-refractivity contribution in [1.82, 2.24) is 9.55 Å². The van der Waals surface area contributed by atoms with E-state index < -0.39 is 0 Å². The Kier molecular flexibility index (Phi) is 3.74. The molecule has 1 heterocycles. The molecule has 0 fully saturated rings. The fourth-order valence-electron chi connectivity index (χ4n) is 2.39. The lowest BCUT2D eigenvalue weighted by molar-refractivity contribution is 0.721. The van der Waals surface area contributed by atoms with Gasteiger partial charge in [0.2, 0.25) is 0 Å². The number of fused-ring (bicyclic) bond motifs is 1. The Labute approximate surface area is 126 Å². The summed E-state index contributed by atoms with van der Waals surface area (Å²) in [5.41, 5.74) is 3.38. The summed E-state index contributed by atoms with van der Waals surface area (Å²) in [6.45, 7) is 3.83. The van der Waals surface area contributed by atoms with Crippen LogP contribution in [0.3, 0.4) is 0 Å². The number of anilines is 1. The average Bonchev–Trinajstić information content (AvgIpc) is 2.75. The van der Waals surface area contributed by atoms with Gasteiger partial charge in [-0.15, -0.1) is 0 Å². The van der Waals surface area contributed by atoms with Crippen molar-refractivity contribution < 1.29 is 0 Å². The number of nitrogens with zero attached hydrogens (tertiary/aromatic N) is 2. The molecular weight excluding hydrogens is 314 g/mol. The summed E-state index contributed by atoms with van der Waals surface area (Å²) in [6.07, 6.45) is 0. The summed E-state index contributed by atoms with van der Waals surface area (Å²) in [7, 11) is 0. The maximum atomic E-state index is 4.58. The van der Waals surface area contributed by atoms with E-state index in [1.807, 2.05) is 18.2 Å². The Bertz CT molecular complexity index is 733. The Morgan fingerprint density at radius 1 is 1.15 bits per heavy atom. The van der Waals surface area contributed by atoms with Crippen LogP contribution in [-0.4, -0.2) is 16.1 Å². The molecule has 0 amide bonds. The topological polar surface area (TPSA) is 29.9 Å². The van der Waals surface area contributed by atoms with Crippen LogP contribution in [0.1, 0.15) is 5.82 Å². The molecule has 102 valence electrons. The Hall–Kier alpha value is -1.81. The van der Waals surface area contributed by atoms with Crippen molar-refractivity contribution in [3.63, 3.8) is 0 Å². The second kappa shape index (κ2) is 5.67. The molecule has 0 saturated heterocycles. The number of halogens is 1. The Morgan fingerprint density at radius 3 is 2.85 bits per heavy atom. The van der Waals surface area contributed by atoms with Crippen LogP contribution in [0.4, 0.5) is 5.69 Å². The summed E-state index contributed by atoms with van der Waals surface area (Å²) < 4.78 is 3.34. The van der Waals surface area contributed by atoms with E-state index in [0.717, 1.165) is 34.6 Å². The Balaban J connectivity index is 1.73. The molecule has 4 heteroatoms. The third-order valence-electron chi connectivity index (χ3n) is 3.33. The van der Waals surface area contributed by atoms with E-state index in [4.69, 9.17) is 0 Å². The summed E-state index contributed by atoms with van der Waals surface area (Å²) in [6, 6.07) is 16.5. The number of imidazole rings is 1. The molecule has 1 aromatic heterocycles. The van der Waals surface area contributed by atoms with Gasteiger partial charge in [0.1, 0.15) is 5.82 Å². The number of benzene rings is 2. The first-order chi connectivity index (χ1) is 9.74. The van der Waals surface area contributed by atoms with Crippen molar-refractivity contribution in [2.45, 2.75) is 13.5 Å². The number of rotatable bonds is 4. The van der Waals surface area contributed by atoms with E-state index in [1.54, 1.807) is 0 Å². The van der Waals surface area contributed by atoms with Gasteiger partial charge in [-0.3, -0.25) is 0 Å². The lowest BCUT2D eigenvalue weighted by atomic mass is 10.3. The molecule has 0 atom stereocenters. The van der Waals surface area contributed by atoms with Crippen molar-refractivity contribution in [1.29, 1.82) is 0 Å². The van der Waals surface area contributed by atoms with Gasteiger partial charge in [-0.05, 0) is 37.3 Å². The molecule has 0 radical (unpaired) electrons. The van der Waals surface area contributed by atoms with E-state index in [-0.39, 0.29) is 0 Å². The van der Waals surface area contributed by atoms with Gasteiger partial charge in [-0.25, -0.2) is 4.98 Å². The van der Waals surface area contributed by atoms with Gasteiger partial charge >= 0.3 is 0 Å². The van der Waals surface area contributed by atoms with E-state index >= 15 is 0 Å². The number of hydrogen-bond acceptors (Lipinski definition) is 2. The van der Waals surface area contributed by atoms with Crippen molar-refractivity contribution in [3.8, 4) is 0 Å². The SMILES string of the molecule is Cc1nc2ccccc2n1CCNc1cccc(Br)c1. The van der Waals surface area contributed by atoms with Crippen LogP contribution in [0.5, 0.6) is 0 Å². The predicted octanol–water partition coefficient (Wildman–Crippen LogP) is 4.22. The van der Waals surface area contributed by atoms with Crippen LogP contribution in [0.2, 0.25) is 0 Å². The van der Waals surface area contributed by atoms with Crippen molar-refractivity contribution in [3.05, 3.63) is 58.8 Å². The smallest absolute Gasteiger partial charge is 0.106 e. The normalized spacial score (nSPS) is 10.9. The summed E-state index contributed by atoms with van der Waals surface area (Å²) in [5.74, 6) is 1.06. The molecular formula is C16H16BrN3. The second-order valence-electron chi connectivity index (χ2n) is 4.74. The molecule has 0 spiro atoms. The van der Waals surface area contributed by atoms with E-state index in [2.05, 4.69) is 68.1 Å². The average molecular weight is 330 g/mol. The number of para-hydroxylation sites is 2. The molecule has 20 heavy (non-hydrogen) atoms. The first-order valence-corrected chi connectivity index (χ1v) is 7.44. The summed E-state index contributed by atoms with van der Waals surface area (Å²) in [5, 5.41) is 3.44. The monoisotopic (exact) mass is 329 g/mol. The molecule has 0 aliphatic heterocycles. The minimum atomic E-state index is 0.873. The minimum Gasteiger partial charge on any atom is -0.383 e. The lowest BCUT2D eigenvalue weighted by Gasteiger charge is -2.09. The molecule has 0 bridgehead atoms. The largest absolute Gasteiger partial charge is 0.383 e. The minimum absolute atomic E-state index is 0.873. The van der Waals surface area contributed by atoms with Gasteiger partial charge in [-0.2, -0.15) is 0 Å². The molecule has 0 unspecified atom stereocenters. The highest BCUT2D eigenvalue weighted by Gasteiger charge is 2.05. The summed E-state index contributed by atoms with van der Waals surface area (Å²) in [4.78, 5) is 4.58. The zero-order valence-corrected chi connectivity index (χ0v) is 12.9. The van der Waals surface area contributed by atoms with Crippen molar-refractivity contribution >= 4 is 32.7 Å². The van der Waals surface area contributed by atoms with E-state index in [1.165, 1.54) is 5.52 Å². The number of hydrogen-bond donors (Lipinski definition) is 1. The number of aryl methyl sites for hydroxylation is 1. The molecule has 1 N–H and O–H groups in total. The van der Waals surface area contributed by atoms with E-state index in [0.29, 0.717) is 0 Å². The van der Waals surface area contributed by atoms with Gasteiger partial charge in [-0.1, -0.05) is 34.1 Å². The predicted molar refractivity (Wildman–Crippen MR) is 87.1 cm³/mol. The lowest BCUT2D eigenvalue weighted by Crippen LogP contribution is -2.11. The van der Waals surface area contributed by atoms with Crippen molar-refractivity contribution in [2.75, 3.05) is 11.9 Å². The van der Waals surface area contributed by atoms with Crippen LogP contribution in [-0.2, 0) is 6.54 Å². The molecule has 3 nitrogen and oxygen atoms in total. The van der Waals surface area contributed by atoms with Gasteiger partial charge < -0.3 is 9.88 Å². The molecule has 2 aromatic carbocycles. The molecule has 3 aromatic rings. The van der Waals surface area contributed by atoms with Gasteiger partial charge in [0.05, 0.1) is 11.0 Å². The van der Waals surface area contributed by atoms with Gasteiger partial charge in [0.25, 0.3) is 0 Å². The van der Waals surface area contributed by atoms with E-state index in [9.17, 15) is 0 Å². The first-order valence-electron chi connectivity index (χ1n) is 6.65. The zero-order valence-electron chi connectivity index (χ0n) is 11.3. The van der Waals surface area contributed by atoms with Gasteiger partial charge in [0.15, 0.2) is 0 Å². The molecule has 0 aliphatic carbocycles. The standard InChI is InChI=1S/C16H16BrN3/c1-12-19-15-7-2-3-8-16(15)20(12)10-9-18-14-6-4-5-13(17)11-14/h2-8,11,18H,9-10H2,1H3.